The van der Waals surface area contributed by atoms with E-state index < -0.39 is 5.97 Å². The Labute approximate surface area is 75.3 Å². The SMILES string of the molecule is COC(=O)c1ncc(Cl)cc1C. The maximum absolute atomic E-state index is 11.0. The Morgan fingerprint density at radius 1 is 1.67 bits per heavy atom. The molecule has 0 aliphatic rings. The highest BCUT2D eigenvalue weighted by atomic mass is 35.5. The Kier molecular flexibility index (Phi) is 2.65. The summed E-state index contributed by atoms with van der Waals surface area (Å²) in [6.07, 6.45) is 1.42. The van der Waals surface area contributed by atoms with Gasteiger partial charge in [-0.15, -0.1) is 0 Å². The Bertz CT molecular complexity index is 312. The van der Waals surface area contributed by atoms with E-state index in [1.54, 1.807) is 13.0 Å². The molecule has 1 aromatic heterocycles. The molecule has 12 heavy (non-hydrogen) atoms. The van der Waals surface area contributed by atoms with Gasteiger partial charge in [0.1, 0.15) is 0 Å². The number of methoxy groups -OCH3 is 1. The van der Waals surface area contributed by atoms with Crippen molar-refractivity contribution in [3.8, 4) is 0 Å². The number of halogens is 1. The van der Waals surface area contributed by atoms with Gasteiger partial charge in [-0.1, -0.05) is 11.6 Å². The number of aryl methyl sites for hydroxylation is 1. The standard InChI is InChI=1S/C8H8ClNO2/c1-5-3-6(9)4-10-7(5)8(11)12-2/h3-4H,1-2H3. The summed E-state index contributed by atoms with van der Waals surface area (Å²) in [5, 5.41) is 0.514. The molecule has 1 rings (SSSR count). The zero-order valence-electron chi connectivity index (χ0n) is 6.80. The molecule has 0 atom stereocenters. The van der Waals surface area contributed by atoms with Crippen LogP contribution in [0.5, 0.6) is 0 Å². The van der Waals surface area contributed by atoms with Crippen LogP contribution in [0.3, 0.4) is 0 Å². The number of carbonyl (C=O) groups excluding carboxylic acids is 1. The van der Waals surface area contributed by atoms with Crippen LogP contribution in [0.4, 0.5) is 0 Å². The zero-order valence-corrected chi connectivity index (χ0v) is 7.55. The molecule has 0 unspecified atom stereocenters. The molecule has 1 heterocycles. The summed E-state index contributed by atoms with van der Waals surface area (Å²) in [5.74, 6) is -0.441. The third kappa shape index (κ3) is 1.74. The minimum absolute atomic E-state index is 0.307. The van der Waals surface area contributed by atoms with Gasteiger partial charge in [0, 0.05) is 6.20 Å². The third-order valence-corrected chi connectivity index (χ3v) is 1.63. The van der Waals surface area contributed by atoms with E-state index in [4.69, 9.17) is 11.6 Å². The Morgan fingerprint density at radius 2 is 2.33 bits per heavy atom. The summed E-state index contributed by atoms with van der Waals surface area (Å²) in [5.41, 5.74) is 1.02. The fraction of sp³-hybridized carbons (Fsp3) is 0.250. The van der Waals surface area contributed by atoms with Crippen molar-refractivity contribution >= 4 is 17.6 Å². The van der Waals surface area contributed by atoms with Gasteiger partial charge in [0.25, 0.3) is 0 Å². The van der Waals surface area contributed by atoms with Crippen molar-refractivity contribution in [3.05, 3.63) is 28.5 Å². The predicted molar refractivity (Wildman–Crippen MR) is 45.3 cm³/mol. The first kappa shape index (κ1) is 9.00. The molecule has 0 aliphatic carbocycles. The van der Waals surface area contributed by atoms with E-state index in [0.717, 1.165) is 0 Å². The van der Waals surface area contributed by atoms with Crippen molar-refractivity contribution in [2.45, 2.75) is 6.92 Å². The van der Waals surface area contributed by atoms with Crippen molar-refractivity contribution in [3.63, 3.8) is 0 Å². The molecule has 4 heteroatoms. The smallest absolute Gasteiger partial charge is 0.356 e. The highest BCUT2D eigenvalue weighted by molar-refractivity contribution is 6.30. The topological polar surface area (TPSA) is 39.2 Å². The average molecular weight is 186 g/mol. The van der Waals surface area contributed by atoms with Crippen molar-refractivity contribution in [2.24, 2.45) is 0 Å². The monoisotopic (exact) mass is 185 g/mol. The molecule has 0 amide bonds. The summed E-state index contributed by atoms with van der Waals surface area (Å²) in [6.45, 7) is 1.76. The quantitative estimate of drug-likeness (QED) is 0.627. The number of hydrogen-bond donors (Lipinski definition) is 0. The molecule has 0 aliphatic heterocycles. The van der Waals surface area contributed by atoms with Crippen LogP contribution in [-0.2, 0) is 4.74 Å². The van der Waals surface area contributed by atoms with Crippen molar-refractivity contribution in [1.82, 2.24) is 4.98 Å². The first-order valence-corrected chi connectivity index (χ1v) is 3.73. The van der Waals surface area contributed by atoms with Crippen LogP contribution in [0.1, 0.15) is 16.1 Å². The van der Waals surface area contributed by atoms with Crippen molar-refractivity contribution in [1.29, 1.82) is 0 Å². The lowest BCUT2D eigenvalue weighted by molar-refractivity contribution is 0.0593. The molecule has 0 aromatic carbocycles. The maximum Gasteiger partial charge on any atom is 0.356 e. The molecule has 64 valence electrons. The summed E-state index contributed by atoms with van der Waals surface area (Å²) in [4.78, 5) is 14.9. The second-order valence-corrected chi connectivity index (χ2v) is 2.75. The molecule has 0 saturated carbocycles. The summed E-state index contributed by atoms with van der Waals surface area (Å²) in [6, 6.07) is 1.67. The van der Waals surface area contributed by atoms with E-state index in [1.807, 2.05) is 0 Å². The number of ether oxygens (including phenoxy) is 1. The Hall–Kier alpha value is -1.09. The number of carbonyl (C=O) groups is 1. The Balaban J connectivity index is 3.09. The van der Waals surface area contributed by atoms with Gasteiger partial charge < -0.3 is 4.74 Å². The van der Waals surface area contributed by atoms with E-state index in [1.165, 1.54) is 13.3 Å². The van der Waals surface area contributed by atoms with Crippen LogP contribution in [0.25, 0.3) is 0 Å². The number of nitrogens with zero attached hydrogens (tertiary/aromatic N) is 1. The number of rotatable bonds is 1. The van der Waals surface area contributed by atoms with E-state index in [2.05, 4.69) is 9.72 Å². The summed E-state index contributed by atoms with van der Waals surface area (Å²) >= 11 is 5.65. The van der Waals surface area contributed by atoms with Gasteiger partial charge in [0.15, 0.2) is 5.69 Å². The summed E-state index contributed by atoms with van der Waals surface area (Å²) < 4.78 is 4.51. The van der Waals surface area contributed by atoms with Crippen LogP contribution < -0.4 is 0 Å². The lowest BCUT2D eigenvalue weighted by Crippen LogP contribution is -2.06. The third-order valence-electron chi connectivity index (χ3n) is 1.42. The molecule has 0 spiro atoms. The maximum atomic E-state index is 11.0. The van der Waals surface area contributed by atoms with Gasteiger partial charge >= 0.3 is 5.97 Å². The first-order valence-electron chi connectivity index (χ1n) is 3.35. The Morgan fingerprint density at radius 3 is 2.83 bits per heavy atom. The van der Waals surface area contributed by atoms with E-state index in [0.29, 0.717) is 16.3 Å². The fourth-order valence-corrected chi connectivity index (χ4v) is 1.06. The van der Waals surface area contributed by atoms with Gasteiger partial charge in [-0.3, -0.25) is 0 Å². The second kappa shape index (κ2) is 3.54. The number of esters is 1. The first-order chi connectivity index (χ1) is 5.65. The highest BCUT2D eigenvalue weighted by Gasteiger charge is 2.10. The second-order valence-electron chi connectivity index (χ2n) is 2.31. The lowest BCUT2D eigenvalue weighted by atomic mass is 10.2. The van der Waals surface area contributed by atoms with Gasteiger partial charge in [0.05, 0.1) is 12.1 Å². The molecular formula is C8H8ClNO2. The van der Waals surface area contributed by atoms with Gasteiger partial charge in [0.2, 0.25) is 0 Å². The van der Waals surface area contributed by atoms with Gasteiger partial charge in [-0.2, -0.15) is 0 Å². The van der Waals surface area contributed by atoms with Gasteiger partial charge in [-0.25, -0.2) is 9.78 Å². The van der Waals surface area contributed by atoms with E-state index in [9.17, 15) is 4.79 Å². The van der Waals surface area contributed by atoms with Gasteiger partial charge in [-0.05, 0) is 18.6 Å². The fourth-order valence-electron chi connectivity index (χ4n) is 0.851. The molecule has 0 bridgehead atoms. The molecule has 1 aromatic rings. The number of hydrogen-bond acceptors (Lipinski definition) is 3. The normalized spacial score (nSPS) is 9.58. The highest BCUT2D eigenvalue weighted by Crippen LogP contribution is 2.12. The number of aromatic nitrogens is 1. The van der Waals surface area contributed by atoms with Crippen LogP contribution >= 0.6 is 11.6 Å². The average Bonchev–Trinajstić information content (AvgIpc) is 2.03. The van der Waals surface area contributed by atoms with Crippen LogP contribution in [0, 0.1) is 6.92 Å². The number of pyridine rings is 1. The molecule has 0 saturated heterocycles. The van der Waals surface area contributed by atoms with Crippen LogP contribution in [0.2, 0.25) is 5.02 Å². The van der Waals surface area contributed by atoms with E-state index in [-0.39, 0.29) is 0 Å². The van der Waals surface area contributed by atoms with E-state index >= 15 is 0 Å². The minimum Gasteiger partial charge on any atom is -0.464 e. The molecule has 3 nitrogen and oxygen atoms in total. The molecule has 0 radical (unpaired) electrons. The van der Waals surface area contributed by atoms with Crippen LogP contribution in [-0.4, -0.2) is 18.1 Å². The minimum atomic E-state index is -0.441. The van der Waals surface area contributed by atoms with Crippen molar-refractivity contribution in [2.75, 3.05) is 7.11 Å². The molecule has 0 fully saturated rings. The largest absolute Gasteiger partial charge is 0.464 e. The van der Waals surface area contributed by atoms with Crippen LogP contribution in [0.15, 0.2) is 12.3 Å². The molecular weight excluding hydrogens is 178 g/mol. The summed E-state index contributed by atoms with van der Waals surface area (Å²) in [7, 11) is 1.32. The predicted octanol–water partition coefficient (Wildman–Crippen LogP) is 1.83. The zero-order chi connectivity index (χ0) is 9.14. The molecule has 0 N–H and O–H groups in total. The van der Waals surface area contributed by atoms with Crippen molar-refractivity contribution < 1.29 is 9.53 Å². The lowest BCUT2D eigenvalue weighted by Gasteiger charge is -2.01.